The number of piperazine rings is 1. The fourth-order valence-corrected chi connectivity index (χ4v) is 2.36. The molecule has 0 spiro atoms. The van der Waals surface area contributed by atoms with Crippen molar-refractivity contribution < 1.29 is 9.32 Å². The Labute approximate surface area is 123 Å². The van der Waals surface area contributed by atoms with Gasteiger partial charge in [0.2, 0.25) is 0 Å². The lowest BCUT2D eigenvalue weighted by atomic mass is 10.1. The average molecular weight is 286 g/mol. The molecule has 110 valence electrons. The fraction of sp³-hybridized carbons (Fsp3) is 0.400. The number of hydrogen-bond donors (Lipinski definition) is 0. The van der Waals surface area contributed by atoms with Crippen LogP contribution in [0.4, 0.5) is 0 Å². The molecule has 1 aliphatic heterocycles. The highest BCUT2D eigenvalue weighted by Crippen LogP contribution is 2.18. The van der Waals surface area contributed by atoms with Gasteiger partial charge in [-0.1, -0.05) is 5.16 Å². The minimum absolute atomic E-state index is 0.0800. The second-order valence-electron chi connectivity index (χ2n) is 5.32. The second-order valence-corrected chi connectivity index (χ2v) is 5.32. The van der Waals surface area contributed by atoms with Crippen LogP contribution in [0.1, 0.15) is 16.2 Å². The van der Waals surface area contributed by atoms with Gasteiger partial charge in [-0.3, -0.25) is 4.79 Å². The third-order valence-corrected chi connectivity index (χ3v) is 3.70. The van der Waals surface area contributed by atoms with Gasteiger partial charge in [-0.05, 0) is 38.2 Å². The Morgan fingerprint density at radius 1 is 1.14 bits per heavy atom. The first-order valence-electron chi connectivity index (χ1n) is 7.02. The number of aromatic nitrogens is 2. The van der Waals surface area contributed by atoms with Crippen LogP contribution < -0.4 is 0 Å². The van der Waals surface area contributed by atoms with E-state index in [2.05, 4.69) is 22.1 Å². The summed E-state index contributed by atoms with van der Waals surface area (Å²) >= 11 is 0. The maximum atomic E-state index is 12.4. The lowest BCUT2D eigenvalue weighted by molar-refractivity contribution is 0.0664. The van der Waals surface area contributed by atoms with Crippen LogP contribution in [0.5, 0.6) is 0 Å². The van der Waals surface area contributed by atoms with Crippen molar-refractivity contribution >= 4 is 5.91 Å². The molecular weight excluding hydrogens is 268 g/mol. The normalized spacial score (nSPS) is 16.2. The molecule has 6 nitrogen and oxygen atoms in total. The van der Waals surface area contributed by atoms with Crippen LogP contribution in [0.3, 0.4) is 0 Å². The number of rotatable bonds is 2. The van der Waals surface area contributed by atoms with Crippen molar-refractivity contribution in [1.82, 2.24) is 19.9 Å². The van der Waals surface area contributed by atoms with E-state index < -0.39 is 0 Å². The van der Waals surface area contributed by atoms with Crippen molar-refractivity contribution in [2.75, 3.05) is 33.2 Å². The van der Waals surface area contributed by atoms with Gasteiger partial charge in [0.1, 0.15) is 0 Å². The van der Waals surface area contributed by atoms with Gasteiger partial charge in [-0.2, -0.15) is 4.98 Å². The molecule has 2 aromatic rings. The van der Waals surface area contributed by atoms with Crippen molar-refractivity contribution in [3.63, 3.8) is 0 Å². The molecule has 0 bridgehead atoms. The summed E-state index contributed by atoms with van der Waals surface area (Å²) in [7, 11) is 2.07. The van der Waals surface area contributed by atoms with Gasteiger partial charge in [-0.15, -0.1) is 0 Å². The zero-order valence-corrected chi connectivity index (χ0v) is 12.2. The molecule has 1 amide bonds. The van der Waals surface area contributed by atoms with Gasteiger partial charge < -0.3 is 14.3 Å². The molecular formula is C15H18N4O2. The minimum Gasteiger partial charge on any atom is -0.336 e. The van der Waals surface area contributed by atoms with Crippen LogP contribution in [-0.4, -0.2) is 59.1 Å². The molecule has 1 aliphatic rings. The zero-order valence-electron chi connectivity index (χ0n) is 12.2. The standard InChI is InChI=1S/C15H18N4O2/c1-11-16-14(21-17-11)12-3-5-13(6-4-12)15(20)19-9-7-18(2)8-10-19/h3-6H,7-10H2,1-2H3. The first kappa shape index (κ1) is 13.8. The molecule has 0 aliphatic carbocycles. The van der Waals surface area contributed by atoms with Crippen LogP contribution >= 0.6 is 0 Å². The summed E-state index contributed by atoms with van der Waals surface area (Å²) in [4.78, 5) is 20.7. The van der Waals surface area contributed by atoms with E-state index in [0.29, 0.717) is 17.3 Å². The summed E-state index contributed by atoms with van der Waals surface area (Å²) in [5.41, 5.74) is 1.52. The Kier molecular flexibility index (Phi) is 3.70. The SMILES string of the molecule is Cc1noc(-c2ccc(C(=O)N3CCN(C)CC3)cc2)n1. The lowest BCUT2D eigenvalue weighted by Crippen LogP contribution is -2.47. The Hall–Kier alpha value is -2.21. The highest BCUT2D eigenvalue weighted by atomic mass is 16.5. The first-order valence-corrected chi connectivity index (χ1v) is 7.02. The fourth-order valence-electron chi connectivity index (χ4n) is 2.36. The van der Waals surface area contributed by atoms with Crippen LogP contribution in [0.15, 0.2) is 28.8 Å². The van der Waals surface area contributed by atoms with Gasteiger partial charge in [0.05, 0.1) is 0 Å². The van der Waals surface area contributed by atoms with E-state index in [9.17, 15) is 4.79 Å². The molecule has 0 N–H and O–H groups in total. The van der Waals surface area contributed by atoms with Crippen molar-refractivity contribution in [2.45, 2.75) is 6.92 Å². The Balaban J connectivity index is 1.73. The molecule has 1 aromatic carbocycles. The smallest absolute Gasteiger partial charge is 0.257 e. The summed E-state index contributed by atoms with van der Waals surface area (Å²) < 4.78 is 5.12. The third-order valence-electron chi connectivity index (χ3n) is 3.70. The molecule has 1 aromatic heterocycles. The van der Waals surface area contributed by atoms with E-state index in [1.807, 2.05) is 29.2 Å². The summed E-state index contributed by atoms with van der Waals surface area (Å²) in [5, 5.41) is 3.77. The quantitative estimate of drug-likeness (QED) is 0.836. The van der Waals surface area contributed by atoms with E-state index in [1.54, 1.807) is 6.92 Å². The zero-order chi connectivity index (χ0) is 14.8. The van der Waals surface area contributed by atoms with Crippen LogP contribution in [0.2, 0.25) is 0 Å². The largest absolute Gasteiger partial charge is 0.336 e. The summed E-state index contributed by atoms with van der Waals surface area (Å²) in [6, 6.07) is 7.32. The number of amides is 1. The number of carbonyl (C=O) groups excluding carboxylic acids is 1. The van der Waals surface area contributed by atoms with Crippen LogP contribution in [0, 0.1) is 6.92 Å². The van der Waals surface area contributed by atoms with Crippen molar-refractivity contribution in [1.29, 1.82) is 0 Å². The lowest BCUT2D eigenvalue weighted by Gasteiger charge is -2.32. The van der Waals surface area contributed by atoms with Gasteiger partial charge in [-0.25, -0.2) is 0 Å². The molecule has 0 atom stereocenters. The predicted molar refractivity (Wildman–Crippen MR) is 77.9 cm³/mol. The van der Waals surface area contributed by atoms with E-state index >= 15 is 0 Å². The van der Waals surface area contributed by atoms with Crippen molar-refractivity contribution in [3.05, 3.63) is 35.7 Å². The summed E-state index contributed by atoms with van der Waals surface area (Å²) in [6.07, 6.45) is 0. The molecule has 0 unspecified atom stereocenters. The van der Waals surface area contributed by atoms with Crippen LogP contribution in [-0.2, 0) is 0 Å². The maximum Gasteiger partial charge on any atom is 0.257 e. The van der Waals surface area contributed by atoms with E-state index in [0.717, 1.165) is 31.7 Å². The topological polar surface area (TPSA) is 62.5 Å². The third kappa shape index (κ3) is 2.95. The number of nitrogens with zero attached hydrogens (tertiary/aromatic N) is 4. The molecule has 0 saturated carbocycles. The summed E-state index contributed by atoms with van der Waals surface area (Å²) in [5.74, 6) is 1.16. The van der Waals surface area contributed by atoms with E-state index in [-0.39, 0.29) is 5.91 Å². The van der Waals surface area contributed by atoms with E-state index in [4.69, 9.17) is 4.52 Å². The number of benzene rings is 1. The van der Waals surface area contributed by atoms with Gasteiger partial charge in [0.15, 0.2) is 5.82 Å². The van der Waals surface area contributed by atoms with Crippen LogP contribution in [0.25, 0.3) is 11.5 Å². The second kappa shape index (κ2) is 5.65. The predicted octanol–water partition coefficient (Wildman–Crippen LogP) is 1.43. The van der Waals surface area contributed by atoms with Crippen molar-refractivity contribution in [2.24, 2.45) is 0 Å². The minimum atomic E-state index is 0.0800. The van der Waals surface area contributed by atoms with Gasteiger partial charge >= 0.3 is 0 Å². The van der Waals surface area contributed by atoms with Gasteiger partial charge in [0, 0.05) is 37.3 Å². The highest BCUT2D eigenvalue weighted by Gasteiger charge is 2.20. The molecule has 21 heavy (non-hydrogen) atoms. The monoisotopic (exact) mass is 286 g/mol. The molecule has 3 rings (SSSR count). The number of likely N-dealkylation sites (N-methyl/N-ethyl adjacent to an activating group) is 1. The molecule has 0 radical (unpaired) electrons. The highest BCUT2D eigenvalue weighted by molar-refractivity contribution is 5.94. The Morgan fingerprint density at radius 2 is 1.81 bits per heavy atom. The maximum absolute atomic E-state index is 12.4. The average Bonchev–Trinajstić information content (AvgIpc) is 2.94. The molecule has 1 fully saturated rings. The number of carbonyl (C=O) groups is 1. The first-order chi connectivity index (χ1) is 10.1. The van der Waals surface area contributed by atoms with Gasteiger partial charge in [0.25, 0.3) is 11.8 Å². The molecule has 1 saturated heterocycles. The Bertz CT molecular complexity index is 627. The van der Waals surface area contributed by atoms with Crippen molar-refractivity contribution in [3.8, 4) is 11.5 Å². The number of aryl methyl sites for hydroxylation is 1. The molecule has 2 heterocycles. The summed E-state index contributed by atoms with van der Waals surface area (Å²) in [6.45, 7) is 5.17. The Morgan fingerprint density at radius 3 is 2.38 bits per heavy atom. The van der Waals surface area contributed by atoms with E-state index in [1.165, 1.54) is 0 Å². The number of hydrogen-bond acceptors (Lipinski definition) is 5. The molecule has 6 heteroatoms.